The van der Waals surface area contributed by atoms with Gasteiger partial charge in [0, 0.05) is 32.2 Å². The van der Waals surface area contributed by atoms with Crippen LogP contribution in [-0.4, -0.2) is 37.7 Å². The van der Waals surface area contributed by atoms with Gasteiger partial charge in [0.1, 0.15) is 11.6 Å². The molecule has 1 aromatic rings. The maximum Gasteiger partial charge on any atom is 0.321 e. The second kappa shape index (κ2) is 5.97. The number of ether oxygens (including phenoxy) is 1. The van der Waals surface area contributed by atoms with Gasteiger partial charge in [-0.15, -0.1) is 0 Å². The number of nitrogens with zero attached hydrogens (tertiary/aromatic N) is 1. The molecule has 2 amide bonds. The summed E-state index contributed by atoms with van der Waals surface area (Å²) in [6, 6.07) is 2.48. The minimum absolute atomic E-state index is 0.153. The van der Waals surface area contributed by atoms with Gasteiger partial charge in [0.25, 0.3) is 0 Å². The number of carbonyl (C=O) groups excluding carboxylic acids is 1. The van der Waals surface area contributed by atoms with Crippen LogP contribution in [0.3, 0.4) is 0 Å². The van der Waals surface area contributed by atoms with E-state index in [1.807, 2.05) is 0 Å². The molecule has 0 spiro atoms. The van der Waals surface area contributed by atoms with E-state index >= 15 is 0 Å². The molecule has 1 aromatic carbocycles. The number of benzene rings is 1. The third-order valence-electron chi connectivity index (χ3n) is 3.07. The van der Waals surface area contributed by atoms with Crippen LogP contribution in [0.5, 0.6) is 0 Å². The fourth-order valence-electron chi connectivity index (χ4n) is 2.00. The highest BCUT2D eigenvalue weighted by molar-refractivity contribution is 5.89. The molecule has 4 nitrogen and oxygen atoms in total. The first-order valence-corrected chi connectivity index (χ1v) is 6.11. The number of hydrogen-bond donors (Lipinski definition) is 1. The Morgan fingerprint density at radius 3 is 3.00 bits per heavy atom. The molecule has 1 aliphatic heterocycles. The molecular formula is C13H16F2N2O2. The van der Waals surface area contributed by atoms with Gasteiger partial charge < -0.3 is 15.0 Å². The van der Waals surface area contributed by atoms with Crippen molar-refractivity contribution in [1.82, 2.24) is 4.90 Å². The zero-order valence-electron chi connectivity index (χ0n) is 10.7. The van der Waals surface area contributed by atoms with E-state index in [2.05, 4.69) is 5.32 Å². The highest BCUT2D eigenvalue weighted by Gasteiger charge is 2.20. The summed E-state index contributed by atoms with van der Waals surface area (Å²) in [6.45, 7) is 1.87. The molecule has 1 aliphatic rings. The number of nitrogens with one attached hydrogen (secondary N) is 1. The molecule has 104 valence electrons. The Labute approximate surface area is 110 Å². The molecule has 1 heterocycles. The fourth-order valence-corrected chi connectivity index (χ4v) is 2.00. The first-order chi connectivity index (χ1) is 9.06. The largest absolute Gasteiger partial charge is 0.381 e. The molecule has 1 fully saturated rings. The van der Waals surface area contributed by atoms with Gasteiger partial charge in [0.15, 0.2) is 0 Å². The number of urea groups is 1. The lowest BCUT2D eigenvalue weighted by Gasteiger charge is -2.21. The van der Waals surface area contributed by atoms with Crippen molar-refractivity contribution < 1.29 is 18.3 Å². The molecule has 0 aromatic heterocycles. The van der Waals surface area contributed by atoms with Crippen LogP contribution in [-0.2, 0) is 4.74 Å². The lowest BCUT2D eigenvalue weighted by molar-refractivity contribution is 0.175. The summed E-state index contributed by atoms with van der Waals surface area (Å²) in [4.78, 5) is 13.3. The predicted molar refractivity (Wildman–Crippen MR) is 66.9 cm³/mol. The van der Waals surface area contributed by atoms with E-state index in [-0.39, 0.29) is 5.69 Å². The number of rotatable bonds is 3. The molecule has 1 saturated heterocycles. The Morgan fingerprint density at radius 1 is 1.53 bits per heavy atom. The highest BCUT2D eigenvalue weighted by atomic mass is 19.1. The zero-order chi connectivity index (χ0) is 13.8. The summed E-state index contributed by atoms with van der Waals surface area (Å²) in [6.07, 6.45) is 0.909. The molecule has 0 saturated carbocycles. The maximum atomic E-state index is 13.4. The van der Waals surface area contributed by atoms with E-state index in [0.717, 1.165) is 24.6 Å². The van der Waals surface area contributed by atoms with Crippen molar-refractivity contribution in [3.8, 4) is 0 Å². The number of amides is 2. The summed E-state index contributed by atoms with van der Waals surface area (Å²) in [5.41, 5.74) is -0.153. The SMILES string of the molecule is CN(CC1CCOC1)C(=O)Nc1cc(F)ccc1F. The summed E-state index contributed by atoms with van der Waals surface area (Å²) >= 11 is 0. The van der Waals surface area contributed by atoms with E-state index in [0.29, 0.717) is 25.7 Å². The second-order valence-electron chi connectivity index (χ2n) is 4.66. The predicted octanol–water partition coefficient (Wildman–Crippen LogP) is 2.47. The number of carbonyl (C=O) groups is 1. The maximum absolute atomic E-state index is 13.4. The van der Waals surface area contributed by atoms with Gasteiger partial charge in [-0.1, -0.05) is 0 Å². The van der Waals surface area contributed by atoms with Crippen LogP contribution in [0.2, 0.25) is 0 Å². The molecule has 1 N–H and O–H groups in total. The van der Waals surface area contributed by atoms with Crippen molar-refractivity contribution in [2.45, 2.75) is 6.42 Å². The molecule has 0 bridgehead atoms. The summed E-state index contributed by atoms with van der Waals surface area (Å²) in [5.74, 6) is -0.955. The first-order valence-electron chi connectivity index (χ1n) is 6.11. The minimum atomic E-state index is -0.660. The lowest BCUT2D eigenvalue weighted by Crippen LogP contribution is -2.35. The third-order valence-corrected chi connectivity index (χ3v) is 3.07. The molecule has 0 aliphatic carbocycles. The third kappa shape index (κ3) is 3.64. The Kier molecular flexibility index (Phi) is 4.31. The normalized spacial score (nSPS) is 18.4. The van der Waals surface area contributed by atoms with Crippen molar-refractivity contribution in [3.05, 3.63) is 29.8 Å². The topological polar surface area (TPSA) is 41.6 Å². The van der Waals surface area contributed by atoms with Gasteiger partial charge in [-0.3, -0.25) is 0 Å². The van der Waals surface area contributed by atoms with Gasteiger partial charge >= 0.3 is 6.03 Å². The van der Waals surface area contributed by atoms with Crippen molar-refractivity contribution in [2.24, 2.45) is 5.92 Å². The van der Waals surface area contributed by atoms with Gasteiger partial charge in [-0.2, -0.15) is 0 Å². The molecule has 19 heavy (non-hydrogen) atoms. The number of halogens is 2. The molecule has 6 heteroatoms. The molecule has 2 rings (SSSR count). The summed E-state index contributed by atoms with van der Waals surface area (Å²) in [7, 11) is 1.62. The van der Waals surface area contributed by atoms with Crippen LogP contribution in [0.4, 0.5) is 19.3 Å². The average molecular weight is 270 g/mol. The van der Waals surface area contributed by atoms with Gasteiger partial charge in [-0.05, 0) is 18.6 Å². The Morgan fingerprint density at radius 2 is 2.32 bits per heavy atom. The fraction of sp³-hybridized carbons (Fsp3) is 0.462. The Balaban J connectivity index is 1.93. The molecule has 1 atom stereocenters. The van der Waals surface area contributed by atoms with Gasteiger partial charge in [0.05, 0.1) is 12.3 Å². The number of hydrogen-bond acceptors (Lipinski definition) is 2. The van der Waals surface area contributed by atoms with Crippen molar-refractivity contribution in [3.63, 3.8) is 0 Å². The van der Waals surface area contributed by atoms with Crippen LogP contribution >= 0.6 is 0 Å². The van der Waals surface area contributed by atoms with Crippen LogP contribution in [0, 0.1) is 17.6 Å². The Bertz CT molecular complexity index is 462. The lowest BCUT2D eigenvalue weighted by atomic mass is 10.1. The number of anilines is 1. The smallest absolute Gasteiger partial charge is 0.321 e. The second-order valence-corrected chi connectivity index (χ2v) is 4.66. The van der Waals surface area contributed by atoms with Crippen LogP contribution in [0.1, 0.15) is 6.42 Å². The average Bonchev–Trinajstić information content (AvgIpc) is 2.86. The first kappa shape index (κ1) is 13.7. The summed E-state index contributed by atoms with van der Waals surface area (Å²) < 4.78 is 31.6. The van der Waals surface area contributed by atoms with E-state index in [1.54, 1.807) is 7.05 Å². The Hall–Kier alpha value is -1.69. The van der Waals surface area contributed by atoms with E-state index in [1.165, 1.54) is 4.90 Å². The van der Waals surface area contributed by atoms with Crippen LogP contribution < -0.4 is 5.32 Å². The van der Waals surface area contributed by atoms with Gasteiger partial charge in [-0.25, -0.2) is 13.6 Å². The highest BCUT2D eigenvalue weighted by Crippen LogP contribution is 2.17. The monoisotopic (exact) mass is 270 g/mol. The quantitative estimate of drug-likeness (QED) is 0.916. The summed E-state index contributed by atoms with van der Waals surface area (Å²) in [5, 5.41) is 2.36. The van der Waals surface area contributed by atoms with E-state index < -0.39 is 17.7 Å². The molecule has 1 unspecified atom stereocenters. The van der Waals surface area contributed by atoms with Crippen LogP contribution in [0.15, 0.2) is 18.2 Å². The van der Waals surface area contributed by atoms with Crippen LogP contribution in [0.25, 0.3) is 0 Å². The van der Waals surface area contributed by atoms with Crippen molar-refractivity contribution in [1.29, 1.82) is 0 Å². The molecule has 0 radical (unpaired) electrons. The van der Waals surface area contributed by atoms with Crippen molar-refractivity contribution in [2.75, 3.05) is 32.1 Å². The molecular weight excluding hydrogens is 254 g/mol. The van der Waals surface area contributed by atoms with Crippen molar-refractivity contribution >= 4 is 11.7 Å². The van der Waals surface area contributed by atoms with E-state index in [9.17, 15) is 13.6 Å². The zero-order valence-corrected chi connectivity index (χ0v) is 10.7. The minimum Gasteiger partial charge on any atom is -0.381 e. The van der Waals surface area contributed by atoms with E-state index in [4.69, 9.17) is 4.74 Å². The van der Waals surface area contributed by atoms with Gasteiger partial charge in [0.2, 0.25) is 0 Å². The standard InChI is InChI=1S/C13H16F2N2O2/c1-17(7-9-4-5-19-8-9)13(18)16-12-6-10(14)2-3-11(12)15/h2-3,6,9H,4-5,7-8H2,1H3,(H,16,18).